The Labute approximate surface area is 106 Å². The number of nitrogens with one attached hydrogen (secondary N) is 1. The van der Waals surface area contributed by atoms with Crippen LogP contribution in [0.2, 0.25) is 0 Å². The quantitative estimate of drug-likeness (QED) is 0.729. The minimum Gasteiger partial charge on any atom is -0.479 e. The van der Waals surface area contributed by atoms with Crippen molar-refractivity contribution < 1.29 is 14.6 Å². The number of nitrogens with two attached hydrogens (primary N) is 1. The zero-order valence-corrected chi connectivity index (χ0v) is 10.6. The highest BCUT2D eigenvalue weighted by Gasteiger charge is 2.39. The SMILES string of the molecule is COc1nc(NCC2(O)CCOC2C)ccc1N. The van der Waals surface area contributed by atoms with Gasteiger partial charge in [-0.3, -0.25) is 0 Å². The summed E-state index contributed by atoms with van der Waals surface area (Å²) in [4.78, 5) is 4.20. The molecule has 2 unspecified atom stereocenters. The fraction of sp³-hybridized carbons (Fsp3) is 0.583. The molecule has 0 radical (unpaired) electrons. The van der Waals surface area contributed by atoms with Crippen LogP contribution < -0.4 is 15.8 Å². The molecule has 2 atom stereocenters. The molecule has 0 amide bonds. The summed E-state index contributed by atoms with van der Waals surface area (Å²) in [5.41, 5.74) is 5.32. The summed E-state index contributed by atoms with van der Waals surface area (Å²) in [6.07, 6.45) is 0.438. The summed E-state index contributed by atoms with van der Waals surface area (Å²) in [5, 5.41) is 13.4. The van der Waals surface area contributed by atoms with Crippen LogP contribution >= 0.6 is 0 Å². The van der Waals surface area contributed by atoms with Gasteiger partial charge in [0.25, 0.3) is 0 Å². The number of ether oxygens (including phenoxy) is 2. The van der Waals surface area contributed by atoms with Gasteiger partial charge in [0.15, 0.2) is 0 Å². The highest BCUT2D eigenvalue weighted by molar-refractivity contribution is 5.53. The Balaban J connectivity index is 2.02. The number of pyridine rings is 1. The van der Waals surface area contributed by atoms with E-state index in [2.05, 4.69) is 10.3 Å². The second kappa shape index (κ2) is 4.99. The predicted molar refractivity (Wildman–Crippen MR) is 68.7 cm³/mol. The van der Waals surface area contributed by atoms with Crippen molar-refractivity contribution >= 4 is 11.5 Å². The van der Waals surface area contributed by atoms with Crippen LogP contribution in [0.5, 0.6) is 5.88 Å². The smallest absolute Gasteiger partial charge is 0.238 e. The van der Waals surface area contributed by atoms with E-state index in [1.54, 1.807) is 12.1 Å². The van der Waals surface area contributed by atoms with Crippen LogP contribution in [0.25, 0.3) is 0 Å². The molecule has 0 saturated carbocycles. The third kappa shape index (κ3) is 2.49. The van der Waals surface area contributed by atoms with E-state index in [1.807, 2.05) is 6.92 Å². The van der Waals surface area contributed by atoms with Crippen molar-refractivity contribution in [3.63, 3.8) is 0 Å². The monoisotopic (exact) mass is 253 g/mol. The van der Waals surface area contributed by atoms with Crippen LogP contribution in [0.4, 0.5) is 11.5 Å². The molecule has 0 aromatic carbocycles. The lowest BCUT2D eigenvalue weighted by molar-refractivity contribution is -0.0176. The van der Waals surface area contributed by atoms with E-state index in [-0.39, 0.29) is 6.10 Å². The van der Waals surface area contributed by atoms with Gasteiger partial charge in [-0.15, -0.1) is 0 Å². The standard InChI is InChI=1S/C12H19N3O3/c1-8-12(16,5-6-18-8)7-14-10-4-3-9(13)11(15-10)17-2/h3-4,8,16H,5-7,13H2,1-2H3,(H,14,15). The van der Waals surface area contributed by atoms with Crippen LogP contribution in [-0.4, -0.2) is 42.1 Å². The van der Waals surface area contributed by atoms with Gasteiger partial charge in [-0.05, 0) is 19.1 Å². The van der Waals surface area contributed by atoms with E-state index in [0.717, 1.165) is 0 Å². The van der Waals surface area contributed by atoms with Crippen molar-refractivity contribution in [2.45, 2.75) is 25.0 Å². The van der Waals surface area contributed by atoms with Gasteiger partial charge in [-0.25, -0.2) is 0 Å². The molecule has 1 saturated heterocycles. The lowest BCUT2D eigenvalue weighted by Gasteiger charge is -2.26. The van der Waals surface area contributed by atoms with Gasteiger partial charge in [0.1, 0.15) is 11.4 Å². The maximum absolute atomic E-state index is 10.3. The molecule has 0 aliphatic carbocycles. The maximum Gasteiger partial charge on any atom is 0.238 e. The van der Waals surface area contributed by atoms with Crippen LogP contribution in [0, 0.1) is 0 Å². The Morgan fingerprint density at radius 2 is 2.44 bits per heavy atom. The number of rotatable bonds is 4. The van der Waals surface area contributed by atoms with Crippen LogP contribution in [0.15, 0.2) is 12.1 Å². The maximum atomic E-state index is 10.3. The number of aliphatic hydroxyl groups is 1. The molecule has 1 aromatic heterocycles. The fourth-order valence-corrected chi connectivity index (χ4v) is 1.96. The Morgan fingerprint density at radius 1 is 1.67 bits per heavy atom. The molecule has 1 aromatic rings. The lowest BCUT2D eigenvalue weighted by Crippen LogP contribution is -2.43. The van der Waals surface area contributed by atoms with E-state index < -0.39 is 5.60 Å². The number of hydrogen-bond donors (Lipinski definition) is 3. The Hall–Kier alpha value is -1.53. The molecule has 2 heterocycles. The average molecular weight is 253 g/mol. The van der Waals surface area contributed by atoms with Gasteiger partial charge < -0.3 is 25.6 Å². The van der Waals surface area contributed by atoms with Gasteiger partial charge in [0.2, 0.25) is 5.88 Å². The number of aromatic nitrogens is 1. The van der Waals surface area contributed by atoms with E-state index >= 15 is 0 Å². The van der Waals surface area contributed by atoms with Crippen molar-refractivity contribution in [3.05, 3.63) is 12.1 Å². The van der Waals surface area contributed by atoms with Crippen molar-refractivity contribution in [2.75, 3.05) is 31.3 Å². The van der Waals surface area contributed by atoms with Gasteiger partial charge in [-0.1, -0.05) is 0 Å². The Bertz CT molecular complexity index is 427. The highest BCUT2D eigenvalue weighted by Crippen LogP contribution is 2.26. The zero-order valence-electron chi connectivity index (χ0n) is 10.6. The first-order valence-corrected chi connectivity index (χ1v) is 5.93. The number of nitrogens with zero attached hydrogens (tertiary/aromatic N) is 1. The molecule has 6 heteroatoms. The molecule has 0 bridgehead atoms. The first-order chi connectivity index (χ1) is 8.55. The molecule has 0 spiro atoms. The fourth-order valence-electron chi connectivity index (χ4n) is 1.96. The average Bonchev–Trinajstić information content (AvgIpc) is 2.69. The minimum atomic E-state index is -0.851. The van der Waals surface area contributed by atoms with Crippen molar-refractivity contribution in [2.24, 2.45) is 0 Å². The Kier molecular flexibility index (Phi) is 3.58. The van der Waals surface area contributed by atoms with E-state index in [9.17, 15) is 5.11 Å². The number of methoxy groups -OCH3 is 1. The van der Waals surface area contributed by atoms with E-state index in [0.29, 0.717) is 37.0 Å². The molecular formula is C12H19N3O3. The number of nitrogen functional groups attached to an aromatic ring is 1. The largest absolute Gasteiger partial charge is 0.479 e. The minimum absolute atomic E-state index is 0.180. The first kappa shape index (κ1) is 12.9. The molecule has 4 N–H and O–H groups in total. The summed E-state index contributed by atoms with van der Waals surface area (Å²) in [5.74, 6) is 0.997. The van der Waals surface area contributed by atoms with Gasteiger partial charge in [-0.2, -0.15) is 4.98 Å². The van der Waals surface area contributed by atoms with Crippen LogP contribution in [0.1, 0.15) is 13.3 Å². The molecule has 100 valence electrons. The summed E-state index contributed by atoms with van der Waals surface area (Å²) < 4.78 is 10.4. The van der Waals surface area contributed by atoms with Gasteiger partial charge in [0, 0.05) is 19.6 Å². The Morgan fingerprint density at radius 3 is 3.06 bits per heavy atom. The van der Waals surface area contributed by atoms with E-state index in [1.165, 1.54) is 7.11 Å². The molecule has 1 fully saturated rings. The molecular weight excluding hydrogens is 234 g/mol. The second-order valence-electron chi connectivity index (χ2n) is 4.52. The van der Waals surface area contributed by atoms with Crippen molar-refractivity contribution in [1.82, 2.24) is 4.98 Å². The summed E-state index contributed by atoms with van der Waals surface area (Å²) in [7, 11) is 1.52. The third-order valence-corrected chi connectivity index (χ3v) is 3.32. The normalized spacial score (nSPS) is 27.2. The molecule has 1 aliphatic rings. The molecule has 18 heavy (non-hydrogen) atoms. The predicted octanol–water partition coefficient (Wildman–Crippen LogP) is 0.624. The lowest BCUT2D eigenvalue weighted by atomic mass is 9.97. The highest BCUT2D eigenvalue weighted by atomic mass is 16.5. The molecule has 6 nitrogen and oxygen atoms in total. The summed E-state index contributed by atoms with van der Waals surface area (Å²) in [6.45, 7) is 2.83. The van der Waals surface area contributed by atoms with Gasteiger partial charge >= 0.3 is 0 Å². The topological polar surface area (TPSA) is 89.6 Å². The second-order valence-corrected chi connectivity index (χ2v) is 4.52. The molecule has 1 aliphatic heterocycles. The number of hydrogen-bond acceptors (Lipinski definition) is 6. The first-order valence-electron chi connectivity index (χ1n) is 5.93. The van der Waals surface area contributed by atoms with Crippen LogP contribution in [0.3, 0.4) is 0 Å². The number of anilines is 2. The van der Waals surface area contributed by atoms with Gasteiger partial charge in [0.05, 0.1) is 18.9 Å². The van der Waals surface area contributed by atoms with E-state index in [4.69, 9.17) is 15.2 Å². The summed E-state index contributed by atoms with van der Waals surface area (Å²) in [6, 6.07) is 3.47. The molecule has 2 rings (SSSR count). The van der Waals surface area contributed by atoms with Crippen LogP contribution in [-0.2, 0) is 4.74 Å². The zero-order chi connectivity index (χ0) is 13.2. The third-order valence-electron chi connectivity index (χ3n) is 3.32. The van der Waals surface area contributed by atoms with Crippen molar-refractivity contribution in [3.8, 4) is 5.88 Å². The van der Waals surface area contributed by atoms with Crippen molar-refractivity contribution in [1.29, 1.82) is 0 Å². The summed E-state index contributed by atoms with van der Waals surface area (Å²) >= 11 is 0.